The molecule has 0 aliphatic rings. The van der Waals surface area contributed by atoms with E-state index in [-0.39, 0.29) is 12.1 Å². The predicted molar refractivity (Wildman–Crippen MR) is 40.7 cm³/mol. The van der Waals surface area contributed by atoms with Gasteiger partial charge >= 0.3 is 0 Å². The van der Waals surface area contributed by atoms with Crippen molar-refractivity contribution < 1.29 is 3.89 Å². The lowest BCUT2D eigenvalue weighted by Crippen LogP contribution is -1.83. The first-order chi connectivity index (χ1) is 4.74. The summed E-state index contributed by atoms with van der Waals surface area (Å²) < 4.78 is 11.9. The van der Waals surface area contributed by atoms with Gasteiger partial charge in [-0.05, 0) is 31.0 Å². The zero-order valence-corrected chi connectivity index (χ0v) is 6.70. The van der Waals surface area contributed by atoms with Gasteiger partial charge in [0.25, 0.3) is 0 Å². The summed E-state index contributed by atoms with van der Waals surface area (Å²) in [4.78, 5) is 3.85. The molecule has 0 saturated carbocycles. The van der Waals surface area contributed by atoms with Gasteiger partial charge in [0.15, 0.2) is 0 Å². The number of hydrogen-bond acceptors (Lipinski definition) is 2. The summed E-state index contributed by atoms with van der Waals surface area (Å²) in [5, 5.41) is 0.433. The van der Waals surface area contributed by atoms with E-state index in [0.29, 0.717) is 5.03 Å². The molecule has 0 spiro atoms. The maximum absolute atomic E-state index is 11.9. The molecule has 0 N–H and O–H groups in total. The molecule has 0 bridgehead atoms. The van der Waals surface area contributed by atoms with Crippen LogP contribution in [0.5, 0.6) is 0 Å². The van der Waals surface area contributed by atoms with Gasteiger partial charge in [-0.3, -0.25) is 0 Å². The van der Waals surface area contributed by atoms with E-state index in [9.17, 15) is 3.89 Å². The predicted octanol–water partition coefficient (Wildman–Crippen LogP) is 2.68. The van der Waals surface area contributed by atoms with Gasteiger partial charge in [0.2, 0.25) is 0 Å². The van der Waals surface area contributed by atoms with Crippen LogP contribution in [-0.4, -0.2) is 4.98 Å². The summed E-state index contributed by atoms with van der Waals surface area (Å²) in [6, 6.07) is 1.74. The van der Waals surface area contributed by atoms with Crippen molar-refractivity contribution in [3.63, 3.8) is 0 Å². The Morgan fingerprint density at radius 1 is 1.40 bits per heavy atom. The van der Waals surface area contributed by atoms with Crippen LogP contribution in [-0.2, 0) is 0 Å². The number of aromatic nitrogens is 1. The zero-order valence-electron chi connectivity index (χ0n) is 5.89. The summed E-state index contributed by atoms with van der Waals surface area (Å²) in [5.74, 6) is 0. The Bertz CT molecular complexity index is 237. The van der Waals surface area contributed by atoms with E-state index < -0.39 is 0 Å². The van der Waals surface area contributed by atoms with E-state index in [1.165, 1.54) is 0 Å². The molecule has 1 aromatic rings. The van der Waals surface area contributed by atoms with E-state index in [2.05, 4.69) is 4.98 Å². The molecule has 0 aliphatic carbocycles. The van der Waals surface area contributed by atoms with Crippen LogP contribution in [0.3, 0.4) is 0 Å². The SMILES string of the molecule is Cc1cnc(SF)cc1C. The lowest BCUT2D eigenvalue weighted by Gasteiger charge is -1.97. The Kier molecular flexibility index (Phi) is 2.27. The molecule has 1 rings (SSSR count). The Balaban J connectivity index is 3.04. The number of rotatable bonds is 1. The van der Waals surface area contributed by atoms with Gasteiger partial charge in [-0.25, -0.2) is 4.98 Å². The van der Waals surface area contributed by atoms with Gasteiger partial charge in [-0.15, -0.1) is 0 Å². The molecule has 0 unspecified atom stereocenters. The third-order valence-electron chi connectivity index (χ3n) is 1.43. The van der Waals surface area contributed by atoms with Gasteiger partial charge < -0.3 is 0 Å². The van der Waals surface area contributed by atoms with Crippen LogP contribution in [0, 0.1) is 13.8 Å². The van der Waals surface area contributed by atoms with Crippen LogP contribution < -0.4 is 0 Å². The van der Waals surface area contributed by atoms with E-state index in [4.69, 9.17) is 0 Å². The molecule has 0 saturated heterocycles. The molecule has 1 aromatic heterocycles. The molecule has 0 aromatic carbocycles. The van der Waals surface area contributed by atoms with Gasteiger partial charge in [0.1, 0.15) is 17.2 Å². The minimum absolute atomic E-state index is 0.181. The second-order valence-corrected chi connectivity index (χ2v) is 2.76. The minimum atomic E-state index is 0.181. The summed E-state index contributed by atoms with van der Waals surface area (Å²) in [6.45, 7) is 3.89. The highest BCUT2D eigenvalue weighted by atomic mass is 32.2. The molecule has 0 atom stereocenters. The number of nitrogens with zero attached hydrogens (tertiary/aromatic N) is 1. The molecule has 1 heterocycles. The maximum atomic E-state index is 11.9. The van der Waals surface area contributed by atoms with Gasteiger partial charge in [-0.1, -0.05) is 0 Å². The van der Waals surface area contributed by atoms with Gasteiger partial charge in [0.05, 0.1) is 0 Å². The second-order valence-electron chi connectivity index (χ2n) is 2.18. The van der Waals surface area contributed by atoms with Crippen LogP contribution in [0.2, 0.25) is 0 Å². The van der Waals surface area contributed by atoms with Crippen LogP contribution in [0.25, 0.3) is 0 Å². The first-order valence-corrected chi connectivity index (χ1v) is 3.67. The number of halogens is 1. The van der Waals surface area contributed by atoms with Crippen molar-refractivity contribution in [2.75, 3.05) is 0 Å². The molecule has 0 amide bonds. The number of hydrogen-bond donors (Lipinski definition) is 0. The molecule has 54 valence electrons. The van der Waals surface area contributed by atoms with Crippen molar-refractivity contribution in [3.05, 3.63) is 23.4 Å². The summed E-state index contributed by atoms with van der Waals surface area (Å²) >= 11 is 0.181. The first-order valence-electron chi connectivity index (χ1n) is 2.96. The fraction of sp³-hybridized carbons (Fsp3) is 0.286. The summed E-state index contributed by atoms with van der Waals surface area (Å²) in [6.07, 6.45) is 1.68. The highest BCUT2D eigenvalue weighted by Gasteiger charge is 1.96. The molecule has 1 nitrogen and oxygen atoms in total. The fourth-order valence-electron chi connectivity index (χ4n) is 0.641. The minimum Gasteiger partial charge on any atom is -0.247 e. The van der Waals surface area contributed by atoms with Gasteiger partial charge in [-0.2, -0.15) is 3.89 Å². The second kappa shape index (κ2) is 3.01. The molecule has 0 aliphatic heterocycles. The number of pyridine rings is 1. The standard InChI is InChI=1S/C7H8FNS/c1-5-3-7(10-8)9-4-6(5)2/h3-4H,1-2H3. The quantitative estimate of drug-likeness (QED) is 0.621. The average molecular weight is 157 g/mol. The average Bonchev–Trinajstić information content (AvgIpc) is 1.95. The molecule has 0 fully saturated rings. The first kappa shape index (κ1) is 7.54. The van der Waals surface area contributed by atoms with Crippen molar-refractivity contribution in [2.24, 2.45) is 0 Å². The highest BCUT2D eigenvalue weighted by molar-refractivity contribution is 7.94. The highest BCUT2D eigenvalue weighted by Crippen LogP contribution is 2.17. The molecular weight excluding hydrogens is 149 g/mol. The molecular formula is C7H8FNS. The van der Waals surface area contributed by atoms with Crippen LogP contribution >= 0.6 is 12.1 Å². The fourth-order valence-corrected chi connectivity index (χ4v) is 0.955. The molecule has 10 heavy (non-hydrogen) atoms. The summed E-state index contributed by atoms with van der Waals surface area (Å²) in [7, 11) is 0. The third kappa shape index (κ3) is 1.48. The van der Waals surface area contributed by atoms with Crippen molar-refractivity contribution in [3.8, 4) is 0 Å². The molecule has 0 radical (unpaired) electrons. The Hall–Kier alpha value is -0.570. The van der Waals surface area contributed by atoms with Crippen molar-refractivity contribution in [2.45, 2.75) is 18.9 Å². The summed E-state index contributed by atoms with van der Waals surface area (Å²) in [5.41, 5.74) is 2.17. The smallest absolute Gasteiger partial charge is 0.129 e. The van der Waals surface area contributed by atoms with Crippen LogP contribution in [0.1, 0.15) is 11.1 Å². The van der Waals surface area contributed by atoms with Crippen molar-refractivity contribution in [1.29, 1.82) is 0 Å². The van der Waals surface area contributed by atoms with Gasteiger partial charge in [0, 0.05) is 6.20 Å². The Labute approximate surface area is 64.0 Å². The zero-order chi connectivity index (χ0) is 7.56. The topological polar surface area (TPSA) is 12.9 Å². The third-order valence-corrected chi connectivity index (χ3v) is 1.81. The number of aryl methyl sites for hydroxylation is 2. The normalized spacial score (nSPS) is 9.90. The monoisotopic (exact) mass is 157 g/mol. The van der Waals surface area contributed by atoms with Crippen molar-refractivity contribution in [1.82, 2.24) is 4.98 Å². The largest absolute Gasteiger partial charge is 0.247 e. The van der Waals surface area contributed by atoms with E-state index >= 15 is 0 Å². The maximum Gasteiger partial charge on any atom is 0.129 e. The van der Waals surface area contributed by atoms with Crippen LogP contribution in [0.4, 0.5) is 3.89 Å². The Morgan fingerprint density at radius 2 is 2.10 bits per heavy atom. The lowest BCUT2D eigenvalue weighted by molar-refractivity contribution is 0.916. The van der Waals surface area contributed by atoms with Crippen molar-refractivity contribution >= 4 is 12.1 Å². The molecule has 3 heteroatoms. The van der Waals surface area contributed by atoms with E-state index in [1.54, 1.807) is 12.3 Å². The Morgan fingerprint density at radius 3 is 2.60 bits per heavy atom. The van der Waals surface area contributed by atoms with Crippen LogP contribution in [0.15, 0.2) is 17.3 Å². The van der Waals surface area contributed by atoms with E-state index in [1.807, 2.05) is 13.8 Å². The lowest BCUT2D eigenvalue weighted by atomic mass is 10.2. The van der Waals surface area contributed by atoms with E-state index in [0.717, 1.165) is 11.1 Å².